The van der Waals surface area contributed by atoms with Crippen LogP contribution in [0.4, 0.5) is 0 Å². The van der Waals surface area contributed by atoms with Gasteiger partial charge in [0.15, 0.2) is 0 Å². The summed E-state index contributed by atoms with van der Waals surface area (Å²) in [6.45, 7) is 6.64. The summed E-state index contributed by atoms with van der Waals surface area (Å²) in [6.07, 6.45) is 1.88. The Bertz CT molecular complexity index is 1780. The van der Waals surface area contributed by atoms with Crippen LogP contribution in [0.25, 0.3) is 38.8 Å². The van der Waals surface area contributed by atoms with E-state index in [1.165, 1.54) is 5.56 Å². The molecular weight excluding hydrogens is 663 g/mol. The molecule has 0 saturated heterocycles. The first-order valence-corrected chi connectivity index (χ1v) is 12.7. The Morgan fingerprint density at radius 3 is 2.36 bits per heavy atom. The van der Waals surface area contributed by atoms with E-state index in [1.807, 2.05) is 54.7 Å². The molecule has 196 valence electrons. The number of methoxy groups -OCH3 is 1. The minimum absolute atomic E-state index is 0. The van der Waals surface area contributed by atoms with Gasteiger partial charge < -0.3 is 14.0 Å². The van der Waals surface area contributed by atoms with Crippen molar-refractivity contribution in [2.45, 2.75) is 26.2 Å². The van der Waals surface area contributed by atoms with E-state index in [4.69, 9.17) is 14.5 Å². The molecule has 2 aromatic heterocycles. The molecule has 0 fully saturated rings. The van der Waals surface area contributed by atoms with E-state index in [1.54, 1.807) is 7.11 Å². The van der Waals surface area contributed by atoms with E-state index in [2.05, 4.69) is 79.9 Å². The van der Waals surface area contributed by atoms with Gasteiger partial charge in [-0.1, -0.05) is 74.3 Å². The average Bonchev–Trinajstić information content (AvgIpc) is 3.26. The zero-order valence-electron chi connectivity index (χ0n) is 22.3. The number of hydrogen-bond acceptors (Lipinski definition) is 3. The topological polar surface area (TPSA) is 36.3 Å². The monoisotopic (exact) mass is 691 g/mol. The number of nitrogens with zero attached hydrogens (tertiary/aromatic N) is 2. The van der Waals surface area contributed by atoms with E-state index < -0.39 is 0 Å². The van der Waals surface area contributed by atoms with E-state index in [-0.39, 0.29) is 26.5 Å². The number of rotatable bonds is 5. The summed E-state index contributed by atoms with van der Waals surface area (Å²) < 4.78 is 14.0. The molecule has 39 heavy (non-hydrogen) atoms. The Labute approximate surface area is 243 Å². The van der Waals surface area contributed by atoms with Crippen molar-refractivity contribution in [2.75, 3.05) is 7.11 Å². The fourth-order valence-electron chi connectivity index (χ4n) is 4.83. The second kappa shape index (κ2) is 10.7. The average molecular weight is 692 g/mol. The van der Waals surface area contributed by atoms with Gasteiger partial charge in [-0.3, -0.25) is 0 Å². The van der Waals surface area contributed by atoms with E-state index in [0.29, 0.717) is 11.5 Å². The quantitative estimate of drug-likeness (QED) is 0.170. The maximum absolute atomic E-state index is 6.30. The van der Waals surface area contributed by atoms with Crippen LogP contribution in [0.3, 0.4) is 0 Å². The molecule has 0 aliphatic heterocycles. The molecule has 0 atom stereocenters. The number of para-hydroxylation sites is 2. The van der Waals surface area contributed by atoms with Crippen LogP contribution in [0.1, 0.15) is 26.3 Å². The first-order valence-electron chi connectivity index (χ1n) is 12.7. The van der Waals surface area contributed by atoms with Gasteiger partial charge in [0.1, 0.15) is 5.82 Å². The molecule has 0 N–H and O–H groups in total. The van der Waals surface area contributed by atoms with Crippen LogP contribution in [0.15, 0.2) is 97.2 Å². The molecule has 5 heteroatoms. The van der Waals surface area contributed by atoms with Crippen LogP contribution in [0.5, 0.6) is 17.2 Å². The second-order valence-electron chi connectivity index (χ2n) is 10.3. The van der Waals surface area contributed by atoms with Crippen molar-refractivity contribution in [3.63, 3.8) is 0 Å². The molecule has 0 unspecified atom stereocenters. The molecule has 4 nitrogen and oxygen atoms in total. The molecule has 6 rings (SSSR count). The number of pyridine rings is 1. The zero-order valence-corrected chi connectivity index (χ0v) is 24.5. The van der Waals surface area contributed by atoms with Crippen molar-refractivity contribution in [3.8, 4) is 34.2 Å². The normalized spacial score (nSPS) is 11.4. The van der Waals surface area contributed by atoms with Gasteiger partial charge in [-0.05, 0) is 40.6 Å². The van der Waals surface area contributed by atoms with Crippen LogP contribution in [-0.4, -0.2) is 16.7 Å². The number of benzene rings is 4. The summed E-state index contributed by atoms with van der Waals surface area (Å²) in [6, 6.07) is 37.4. The predicted octanol–water partition coefficient (Wildman–Crippen LogP) is 8.54. The van der Waals surface area contributed by atoms with Crippen LogP contribution < -0.4 is 9.47 Å². The third-order valence-electron chi connectivity index (χ3n) is 6.78. The smallest absolute Gasteiger partial charge is 0.506 e. The first kappa shape index (κ1) is 26.7. The van der Waals surface area contributed by atoms with Crippen LogP contribution in [-0.2, 0) is 26.5 Å². The Kier molecular flexibility index (Phi) is 7.33. The summed E-state index contributed by atoms with van der Waals surface area (Å²) >= 11 is 0. The van der Waals surface area contributed by atoms with Gasteiger partial charge in [0.2, 0.25) is 0 Å². The van der Waals surface area contributed by atoms with E-state index in [9.17, 15) is 0 Å². The third kappa shape index (κ3) is 5.09. The molecule has 0 aliphatic rings. The summed E-state index contributed by atoms with van der Waals surface area (Å²) in [7, 11) is 1.68. The van der Waals surface area contributed by atoms with Gasteiger partial charge in [-0.25, -0.2) is 4.98 Å². The van der Waals surface area contributed by atoms with Crippen molar-refractivity contribution in [2.24, 2.45) is 0 Å². The number of ether oxygens (including phenoxy) is 2. The van der Waals surface area contributed by atoms with Crippen molar-refractivity contribution in [3.05, 3.63) is 115 Å². The van der Waals surface area contributed by atoms with Crippen LogP contribution in [0.2, 0.25) is 0 Å². The Morgan fingerprint density at radius 1 is 0.769 bits per heavy atom. The molecule has 4 aromatic carbocycles. The van der Waals surface area contributed by atoms with E-state index >= 15 is 0 Å². The molecule has 0 spiro atoms. The Balaban J connectivity index is 0.00000308. The first-order chi connectivity index (χ1) is 18.4. The minimum Gasteiger partial charge on any atom is -0.506 e. The van der Waals surface area contributed by atoms with Crippen LogP contribution >= 0.6 is 0 Å². The van der Waals surface area contributed by atoms with E-state index in [0.717, 1.165) is 44.5 Å². The fraction of sp³-hybridized carbons (Fsp3) is 0.147. The third-order valence-corrected chi connectivity index (χ3v) is 6.78. The molecule has 2 heterocycles. The molecule has 0 amide bonds. The van der Waals surface area contributed by atoms with Gasteiger partial charge in [-0.2, -0.15) is 6.07 Å². The van der Waals surface area contributed by atoms with Crippen molar-refractivity contribution in [1.29, 1.82) is 0 Å². The molecule has 0 bridgehead atoms. The molecule has 0 aliphatic carbocycles. The Hall–Kier alpha value is -3.88. The SMILES string of the molecule is COc1ccccc1-c1[c-]c(Oc2[c-]c3c(cc2)c2ccccc2n3-c2cc(C(C)(C)C)ccn2)ccc1.[Pt+2]. The fourth-order valence-corrected chi connectivity index (χ4v) is 4.83. The second-order valence-corrected chi connectivity index (χ2v) is 10.3. The maximum atomic E-state index is 6.30. The number of fused-ring (bicyclic) bond motifs is 3. The molecular formula is C34H28N2O2Pt. The maximum Gasteiger partial charge on any atom is 2.00 e. The number of hydrogen-bond donors (Lipinski definition) is 0. The van der Waals surface area contributed by atoms with Gasteiger partial charge in [-0.15, -0.1) is 41.3 Å². The zero-order chi connectivity index (χ0) is 26.3. The van der Waals surface area contributed by atoms with Gasteiger partial charge in [0.25, 0.3) is 0 Å². The Morgan fingerprint density at radius 2 is 1.54 bits per heavy atom. The van der Waals surface area contributed by atoms with Gasteiger partial charge in [0.05, 0.1) is 12.9 Å². The predicted molar refractivity (Wildman–Crippen MR) is 153 cm³/mol. The van der Waals surface area contributed by atoms with Crippen molar-refractivity contribution < 1.29 is 30.5 Å². The van der Waals surface area contributed by atoms with Gasteiger partial charge in [0, 0.05) is 23.2 Å². The van der Waals surface area contributed by atoms with Crippen LogP contribution in [0, 0.1) is 12.1 Å². The summed E-state index contributed by atoms with van der Waals surface area (Å²) in [5, 5.41) is 2.25. The number of aromatic nitrogens is 2. The molecule has 6 aromatic rings. The van der Waals surface area contributed by atoms with Gasteiger partial charge >= 0.3 is 21.1 Å². The molecule has 0 radical (unpaired) electrons. The summed E-state index contributed by atoms with van der Waals surface area (Å²) in [5.74, 6) is 2.88. The minimum atomic E-state index is 0. The largest absolute Gasteiger partial charge is 2.00 e. The van der Waals surface area contributed by atoms with Crippen molar-refractivity contribution in [1.82, 2.24) is 9.55 Å². The standard InChI is InChI=1S/C34H28N2O2.Pt/c1-34(2,3)24-18-19-35-33(21-24)36-30-14-7-5-13-28(30)29-17-16-26(22-31(29)36)38-25-11-9-10-23(20-25)27-12-6-8-15-32(27)37-4;/h5-19,21H,1-4H3;/q-2;+2. The summed E-state index contributed by atoms with van der Waals surface area (Å²) in [4.78, 5) is 4.75. The molecule has 0 saturated carbocycles. The van der Waals surface area contributed by atoms with Crippen molar-refractivity contribution >= 4 is 21.8 Å². The summed E-state index contributed by atoms with van der Waals surface area (Å²) in [5.41, 5.74) is 5.10.